The number of aromatic nitrogens is 1. The van der Waals surface area contributed by atoms with Gasteiger partial charge in [0.1, 0.15) is 24.2 Å². The van der Waals surface area contributed by atoms with Crippen LogP contribution in [0, 0.1) is 5.82 Å². The van der Waals surface area contributed by atoms with Crippen LogP contribution in [0.15, 0.2) is 59.1 Å². The Kier molecular flexibility index (Phi) is 10.5. The van der Waals surface area contributed by atoms with Gasteiger partial charge < -0.3 is 19.3 Å². The molecule has 0 amide bonds. The molecule has 8 heteroatoms. The smallest absolute Gasteiger partial charge is 0.305 e. The van der Waals surface area contributed by atoms with Gasteiger partial charge in [0.15, 0.2) is 0 Å². The lowest BCUT2D eigenvalue weighted by atomic mass is 10.1. The van der Waals surface area contributed by atoms with Crippen molar-refractivity contribution in [1.29, 1.82) is 0 Å². The largest absolute Gasteiger partial charge is 0.463 e. The Bertz CT molecular complexity index is 1090. The highest BCUT2D eigenvalue weighted by molar-refractivity contribution is 5.69. The Hall–Kier alpha value is -3.23. The number of carbonyl (C=O) groups excluding carboxylic acids is 1. The van der Waals surface area contributed by atoms with Gasteiger partial charge in [0.2, 0.25) is 5.88 Å². The van der Waals surface area contributed by atoms with E-state index in [2.05, 4.69) is 10.1 Å². The van der Waals surface area contributed by atoms with Crippen molar-refractivity contribution in [3.63, 3.8) is 0 Å². The number of carbonyl (C=O) groups is 1. The molecule has 1 N–H and O–H groups in total. The zero-order chi connectivity index (χ0) is 25.9. The molecule has 3 rings (SSSR count). The van der Waals surface area contributed by atoms with E-state index >= 15 is 0 Å². The van der Waals surface area contributed by atoms with Crippen molar-refractivity contribution in [1.82, 2.24) is 10.1 Å². The average Bonchev–Trinajstić information content (AvgIpc) is 3.29. The third-order valence-corrected chi connectivity index (χ3v) is 5.96. The molecule has 1 unspecified atom stereocenters. The zero-order valence-electron chi connectivity index (χ0n) is 21.3. The van der Waals surface area contributed by atoms with Gasteiger partial charge in [0, 0.05) is 50.3 Å². The number of esters is 1. The molecule has 0 radical (unpaired) electrons. The minimum Gasteiger partial charge on any atom is -0.463 e. The molecule has 0 aliphatic heterocycles. The molecule has 194 valence electrons. The molecule has 0 saturated carbocycles. The van der Waals surface area contributed by atoms with E-state index in [0.29, 0.717) is 36.5 Å². The van der Waals surface area contributed by atoms with Crippen LogP contribution in [0.2, 0.25) is 0 Å². The normalized spacial score (nSPS) is 12.1. The number of halogens is 1. The number of anilines is 1. The fraction of sp³-hybridized carbons (Fsp3) is 0.429. The Balaban J connectivity index is 1.92. The maximum absolute atomic E-state index is 14.6. The minimum absolute atomic E-state index is 0.120. The molecule has 0 aliphatic carbocycles. The number of ether oxygens (including phenoxy) is 1. The molecule has 0 bridgehead atoms. The number of aliphatic hydroxyl groups excluding tert-OH is 1. The predicted molar refractivity (Wildman–Crippen MR) is 138 cm³/mol. The second-order valence-electron chi connectivity index (χ2n) is 8.70. The topological polar surface area (TPSA) is 79.0 Å². The van der Waals surface area contributed by atoms with E-state index < -0.39 is 6.10 Å². The standard InChI is InChI=1S/C28H36FN3O4/c1-4-12-26(34)35-20-23(33)18-31(17-22-15-10-11-16-25(22)29)19-24-27(21-13-8-7-9-14-21)30-36-28(24)32(5-2)6-3/h7-11,13-16,23,33H,4-6,12,17-20H2,1-3H3. The first kappa shape index (κ1) is 27.4. The van der Waals surface area contributed by atoms with Crippen LogP contribution in [-0.4, -0.2) is 53.5 Å². The van der Waals surface area contributed by atoms with Gasteiger partial charge in [-0.3, -0.25) is 9.69 Å². The maximum Gasteiger partial charge on any atom is 0.305 e. The van der Waals surface area contributed by atoms with Gasteiger partial charge in [-0.05, 0) is 26.3 Å². The van der Waals surface area contributed by atoms with Crippen molar-refractivity contribution in [3.8, 4) is 11.3 Å². The third-order valence-electron chi connectivity index (χ3n) is 5.96. The summed E-state index contributed by atoms with van der Waals surface area (Å²) in [6.45, 7) is 8.11. The van der Waals surface area contributed by atoms with E-state index in [0.717, 1.165) is 24.2 Å². The number of rotatable bonds is 14. The average molecular weight is 498 g/mol. The molecule has 1 atom stereocenters. The highest BCUT2D eigenvalue weighted by atomic mass is 19.1. The van der Waals surface area contributed by atoms with Gasteiger partial charge in [-0.15, -0.1) is 0 Å². The quantitative estimate of drug-likeness (QED) is 0.313. The fourth-order valence-corrected chi connectivity index (χ4v) is 4.12. The van der Waals surface area contributed by atoms with Crippen LogP contribution in [-0.2, 0) is 22.6 Å². The van der Waals surface area contributed by atoms with E-state index in [1.807, 2.05) is 56.0 Å². The van der Waals surface area contributed by atoms with Crippen molar-refractivity contribution in [3.05, 3.63) is 71.5 Å². The van der Waals surface area contributed by atoms with Gasteiger partial charge in [-0.1, -0.05) is 60.6 Å². The first-order valence-corrected chi connectivity index (χ1v) is 12.5. The molecule has 2 aromatic carbocycles. The third kappa shape index (κ3) is 7.38. The lowest BCUT2D eigenvalue weighted by Crippen LogP contribution is -2.35. The Morgan fingerprint density at radius 3 is 2.42 bits per heavy atom. The van der Waals surface area contributed by atoms with Crippen molar-refractivity contribution >= 4 is 11.9 Å². The van der Waals surface area contributed by atoms with Crippen LogP contribution in [0.3, 0.4) is 0 Å². The van der Waals surface area contributed by atoms with E-state index in [9.17, 15) is 14.3 Å². The number of aliphatic hydroxyl groups is 1. The summed E-state index contributed by atoms with van der Waals surface area (Å²) in [5.41, 5.74) is 2.99. The van der Waals surface area contributed by atoms with Crippen LogP contribution < -0.4 is 4.90 Å². The number of hydrogen-bond donors (Lipinski definition) is 1. The Morgan fingerprint density at radius 2 is 1.75 bits per heavy atom. The summed E-state index contributed by atoms with van der Waals surface area (Å²) in [5.74, 6) is -0.00315. The molecule has 3 aromatic rings. The second-order valence-corrected chi connectivity index (χ2v) is 8.70. The molecule has 0 saturated heterocycles. The molecular formula is C28H36FN3O4. The van der Waals surface area contributed by atoms with Crippen LogP contribution in [0.1, 0.15) is 44.7 Å². The SMILES string of the molecule is CCCC(=O)OCC(O)CN(Cc1ccccc1F)Cc1c(-c2ccccc2)noc1N(CC)CC. The van der Waals surface area contributed by atoms with Crippen molar-refractivity contribution in [2.75, 3.05) is 31.1 Å². The summed E-state index contributed by atoms with van der Waals surface area (Å²) in [5, 5.41) is 15.1. The monoisotopic (exact) mass is 497 g/mol. The van der Waals surface area contributed by atoms with Crippen LogP contribution in [0.5, 0.6) is 0 Å². The number of nitrogens with zero attached hydrogens (tertiary/aromatic N) is 3. The summed E-state index contributed by atoms with van der Waals surface area (Å²) in [6, 6.07) is 16.3. The number of hydrogen-bond acceptors (Lipinski definition) is 7. The van der Waals surface area contributed by atoms with E-state index in [1.165, 1.54) is 6.07 Å². The van der Waals surface area contributed by atoms with E-state index in [4.69, 9.17) is 9.26 Å². The van der Waals surface area contributed by atoms with Crippen LogP contribution >= 0.6 is 0 Å². The van der Waals surface area contributed by atoms with Gasteiger partial charge in [0.25, 0.3) is 0 Å². The van der Waals surface area contributed by atoms with Gasteiger partial charge in [-0.2, -0.15) is 0 Å². The van der Waals surface area contributed by atoms with Gasteiger partial charge in [-0.25, -0.2) is 4.39 Å². The highest BCUT2D eigenvalue weighted by Crippen LogP contribution is 2.33. The minimum atomic E-state index is -0.936. The summed E-state index contributed by atoms with van der Waals surface area (Å²) in [6.07, 6.45) is 0.0487. The molecule has 36 heavy (non-hydrogen) atoms. The fourth-order valence-electron chi connectivity index (χ4n) is 4.12. The molecule has 7 nitrogen and oxygen atoms in total. The van der Waals surface area contributed by atoms with Crippen LogP contribution in [0.25, 0.3) is 11.3 Å². The summed E-state index contributed by atoms with van der Waals surface area (Å²) < 4.78 is 25.6. The molecular weight excluding hydrogens is 461 g/mol. The lowest BCUT2D eigenvalue weighted by Gasteiger charge is -2.27. The van der Waals surface area contributed by atoms with Gasteiger partial charge >= 0.3 is 5.97 Å². The molecule has 1 heterocycles. The maximum atomic E-state index is 14.6. The Labute approximate surface area is 212 Å². The summed E-state index contributed by atoms with van der Waals surface area (Å²) in [4.78, 5) is 15.8. The summed E-state index contributed by atoms with van der Waals surface area (Å²) >= 11 is 0. The lowest BCUT2D eigenvalue weighted by molar-refractivity contribution is -0.147. The van der Waals surface area contributed by atoms with Crippen molar-refractivity contribution < 1.29 is 23.6 Å². The Morgan fingerprint density at radius 1 is 1.06 bits per heavy atom. The highest BCUT2D eigenvalue weighted by Gasteiger charge is 2.25. The number of benzene rings is 2. The first-order valence-electron chi connectivity index (χ1n) is 12.5. The van der Waals surface area contributed by atoms with E-state index in [-0.39, 0.29) is 31.5 Å². The van der Waals surface area contributed by atoms with Crippen LogP contribution in [0.4, 0.5) is 10.3 Å². The van der Waals surface area contributed by atoms with Crippen molar-refractivity contribution in [2.24, 2.45) is 0 Å². The molecule has 0 fully saturated rings. The molecule has 1 aromatic heterocycles. The second kappa shape index (κ2) is 13.8. The predicted octanol–water partition coefficient (Wildman–Crippen LogP) is 5.03. The van der Waals surface area contributed by atoms with Gasteiger partial charge in [0.05, 0.1) is 5.56 Å². The van der Waals surface area contributed by atoms with Crippen molar-refractivity contribution in [2.45, 2.75) is 52.8 Å². The summed E-state index contributed by atoms with van der Waals surface area (Å²) in [7, 11) is 0. The first-order chi connectivity index (χ1) is 17.5. The van der Waals surface area contributed by atoms with E-state index in [1.54, 1.807) is 18.2 Å². The molecule has 0 aliphatic rings. The zero-order valence-corrected chi connectivity index (χ0v) is 21.3. The molecule has 0 spiro atoms.